The summed E-state index contributed by atoms with van der Waals surface area (Å²) in [5.41, 5.74) is 7.00. The summed E-state index contributed by atoms with van der Waals surface area (Å²) in [6.45, 7) is 2.29. The molecule has 0 aliphatic heterocycles. The number of aromatic amines is 1. The number of hydrogen-bond donors (Lipinski definition) is 2. The van der Waals surface area contributed by atoms with E-state index >= 15 is 0 Å². The van der Waals surface area contributed by atoms with Gasteiger partial charge in [-0.15, -0.1) is 0 Å². The standard InChI is InChI=1S/C33H29FN4O/c1-20-7-2-4-10-26(20)35-28-18-23(15-13-21(28)19-39)38-30-11-5-3-8-24(30)32-25(9-6-12-31(32)38)33-36-27-16-14-22(34)17-29(27)37-33/h3,5-6,8-9,11-20,26,35H,2,4,7,10H2,1H3,(H,36,37)/t20-,26?/m0/s1. The van der Waals surface area contributed by atoms with Crippen molar-refractivity contribution in [3.05, 3.63) is 90.2 Å². The predicted octanol–water partition coefficient (Wildman–Crippen LogP) is 8.27. The molecule has 7 rings (SSSR count). The SMILES string of the molecule is C[C@H]1CCCCC1Nc1cc(-n2c3ccccc3c3c(-c4nc5ccc(F)cc5[nH]4)cccc32)ccc1C=O. The Balaban J connectivity index is 1.42. The first kappa shape index (κ1) is 23.7. The van der Waals surface area contributed by atoms with Gasteiger partial charge in [-0.05, 0) is 67.3 Å². The third-order valence-electron chi connectivity index (χ3n) is 8.27. The number of nitrogens with one attached hydrogen (secondary N) is 2. The van der Waals surface area contributed by atoms with Crippen LogP contribution in [-0.2, 0) is 0 Å². The monoisotopic (exact) mass is 516 g/mol. The van der Waals surface area contributed by atoms with Gasteiger partial charge in [-0.25, -0.2) is 9.37 Å². The molecule has 6 aromatic rings. The fourth-order valence-electron chi connectivity index (χ4n) is 6.25. The molecule has 2 heterocycles. The van der Waals surface area contributed by atoms with Gasteiger partial charge in [-0.2, -0.15) is 0 Å². The zero-order valence-corrected chi connectivity index (χ0v) is 21.7. The highest BCUT2D eigenvalue weighted by atomic mass is 19.1. The fourth-order valence-corrected chi connectivity index (χ4v) is 6.25. The molecule has 1 aliphatic rings. The van der Waals surface area contributed by atoms with Crippen LogP contribution in [0, 0.1) is 11.7 Å². The summed E-state index contributed by atoms with van der Waals surface area (Å²) in [4.78, 5) is 20.1. The van der Waals surface area contributed by atoms with Crippen LogP contribution in [0.25, 0.3) is 49.9 Å². The van der Waals surface area contributed by atoms with Crippen molar-refractivity contribution < 1.29 is 9.18 Å². The molecule has 0 radical (unpaired) electrons. The normalized spacial score (nSPS) is 17.7. The largest absolute Gasteiger partial charge is 0.381 e. The van der Waals surface area contributed by atoms with Gasteiger partial charge in [0, 0.05) is 39.3 Å². The molecule has 4 aromatic carbocycles. The molecule has 6 heteroatoms. The number of rotatable bonds is 5. The lowest BCUT2D eigenvalue weighted by Gasteiger charge is -2.31. The molecule has 194 valence electrons. The van der Waals surface area contributed by atoms with Gasteiger partial charge in [-0.1, -0.05) is 50.1 Å². The van der Waals surface area contributed by atoms with E-state index in [0.717, 1.165) is 57.0 Å². The van der Waals surface area contributed by atoms with E-state index < -0.39 is 0 Å². The number of imidazole rings is 1. The summed E-state index contributed by atoms with van der Waals surface area (Å²) in [6, 6.07) is 25.5. The molecule has 2 atom stereocenters. The second-order valence-corrected chi connectivity index (χ2v) is 10.7. The molecule has 39 heavy (non-hydrogen) atoms. The number of anilines is 1. The van der Waals surface area contributed by atoms with Crippen LogP contribution in [0.3, 0.4) is 0 Å². The van der Waals surface area contributed by atoms with E-state index in [2.05, 4.69) is 52.1 Å². The van der Waals surface area contributed by atoms with Crippen LogP contribution in [-0.4, -0.2) is 26.9 Å². The average Bonchev–Trinajstić information content (AvgIpc) is 3.53. The lowest BCUT2D eigenvalue weighted by Crippen LogP contribution is -2.30. The average molecular weight is 517 g/mol. The molecule has 5 nitrogen and oxygen atoms in total. The number of halogens is 1. The van der Waals surface area contributed by atoms with Crippen molar-refractivity contribution >= 4 is 44.8 Å². The first-order chi connectivity index (χ1) is 19.1. The Hall–Kier alpha value is -4.45. The van der Waals surface area contributed by atoms with Crippen molar-refractivity contribution in [3.63, 3.8) is 0 Å². The van der Waals surface area contributed by atoms with Gasteiger partial charge in [0.1, 0.15) is 11.6 Å². The van der Waals surface area contributed by atoms with Crippen molar-refractivity contribution in [1.29, 1.82) is 0 Å². The molecule has 0 spiro atoms. The fraction of sp³-hybridized carbons (Fsp3) is 0.212. The topological polar surface area (TPSA) is 62.7 Å². The first-order valence-corrected chi connectivity index (χ1v) is 13.6. The summed E-state index contributed by atoms with van der Waals surface area (Å²) in [6.07, 6.45) is 5.74. The second-order valence-electron chi connectivity index (χ2n) is 10.7. The zero-order valence-electron chi connectivity index (χ0n) is 21.7. The number of H-pyrrole nitrogens is 1. The first-order valence-electron chi connectivity index (χ1n) is 13.6. The van der Waals surface area contributed by atoms with Gasteiger partial charge in [0.25, 0.3) is 0 Å². The lowest BCUT2D eigenvalue weighted by molar-refractivity contribution is 0.112. The van der Waals surface area contributed by atoms with Crippen molar-refractivity contribution in [1.82, 2.24) is 14.5 Å². The molecule has 0 amide bonds. The highest BCUT2D eigenvalue weighted by Crippen LogP contribution is 2.39. The molecule has 1 saturated carbocycles. The number of carbonyl (C=O) groups excluding carboxylic acids is 1. The Morgan fingerprint density at radius 3 is 2.69 bits per heavy atom. The van der Waals surface area contributed by atoms with Crippen molar-refractivity contribution in [2.24, 2.45) is 5.92 Å². The number of benzene rings is 4. The van der Waals surface area contributed by atoms with Gasteiger partial charge in [0.15, 0.2) is 6.29 Å². The smallest absolute Gasteiger partial charge is 0.152 e. The predicted molar refractivity (Wildman–Crippen MR) is 156 cm³/mol. The zero-order chi connectivity index (χ0) is 26.5. The van der Waals surface area contributed by atoms with Gasteiger partial charge in [0.2, 0.25) is 0 Å². The van der Waals surface area contributed by atoms with Gasteiger partial charge in [0.05, 0.1) is 22.1 Å². The molecule has 1 fully saturated rings. The third kappa shape index (κ3) is 3.98. The third-order valence-corrected chi connectivity index (χ3v) is 8.27. The molecule has 1 aliphatic carbocycles. The summed E-state index contributed by atoms with van der Waals surface area (Å²) in [5.74, 6) is 0.974. The van der Waals surface area contributed by atoms with Crippen LogP contribution in [0.15, 0.2) is 78.9 Å². The minimum absolute atomic E-state index is 0.293. The molecular weight excluding hydrogens is 487 g/mol. The lowest BCUT2D eigenvalue weighted by atomic mass is 9.85. The summed E-state index contributed by atoms with van der Waals surface area (Å²) >= 11 is 0. The number of nitrogens with zero attached hydrogens (tertiary/aromatic N) is 2. The summed E-state index contributed by atoms with van der Waals surface area (Å²) in [5, 5.41) is 5.89. The van der Waals surface area contributed by atoms with Crippen LogP contribution in [0.4, 0.5) is 10.1 Å². The van der Waals surface area contributed by atoms with E-state index in [-0.39, 0.29) is 5.82 Å². The Labute approximate surface area is 225 Å². The minimum Gasteiger partial charge on any atom is -0.381 e. The Kier molecular flexibility index (Phi) is 5.69. The maximum atomic E-state index is 13.9. The Morgan fingerprint density at radius 2 is 1.82 bits per heavy atom. The van der Waals surface area contributed by atoms with E-state index in [1.54, 1.807) is 6.07 Å². The molecule has 2 aromatic heterocycles. The number of carbonyl (C=O) groups is 1. The quantitative estimate of drug-likeness (QED) is 0.227. The van der Waals surface area contributed by atoms with E-state index in [9.17, 15) is 9.18 Å². The van der Waals surface area contributed by atoms with Crippen molar-refractivity contribution in [3.8, 4) is 17.1 Å². The molecule has 0 bridgehead atoms. The highest BCUT2D eigenvalue weighted by molar-refractivity contribution is 6.15. The van der Waals surface area contributed by atoms with Crippen LogP contribution in [0.1, 0.15) is 43.0 Å². The molecular formula is C33H29FN4O. The Morgan fingerprint density at radius 1 is 0.974 bits per heavy atom. The molecule has 1 unspecified atom stereocenters. The van der Waals surface area contributed by atoms with Gasteiger partial charge in [-0.3, -0.25) is 4.79 Å². The van der Waals surface area contributed by atoms with Crippen LogP contribution in [0.2, 0.25) is 0 Å². The highest BCUT2D eigenvalue weighted by Gasteiger charge is 2.23. The van der Waals surface area contributed by atoms with E-state index in [1.165, 1.54) is 31.4 Å². The van der Waals surface area contributed by atoms with Crippen LogP contribution >= 0.6 is 0 Å². The van der Waals surface area contributed by atoms with Gasteiger partial charge >= 0.3 is 0 Å². The van der Waals surface area contributed by atoms with E-state index in [0.29, 0.717) is 28.9 Å². The van der Waals surface area contributed by atoms with Crippen LogP contribution < -0.4 is 5.32 Å². The molecule has 2 N–H and O–H groups in total. The number of hydrogen-bond acceptors (Lipinski definition) is 3. The van der Waals surface area contributed by atoms with E-state index in [4.69, 9.17) is 4.98 Å². The van der Waals surface area contributed by atoms with Crippen LogP contribution in [0.5, 0.6) is 0 Å². The number of aromatic nitrogens is 3. The van der Waals surface area contributed by atoms with Crippen molar-refractivity contribution in [2.75, 3.05) is 5.32 Å². The summed E-state index contributed by atoms with van der Waals surface area (Å²) < 4.78 is 16.1. The molecule has 0 saturated heterocycles. The number of aldehydes is 1. The van der Waals surface area contributed by atoms with Crippen molar-refractivity contribution in [2.45, 2.75) is 38.6 Å². The number of para-hydroxylation sites is 1. The minimum atomic E-state index is -0.293. The maximum Gasteiger partial charge on any atom is 0.152 e. The summed E-state index contributed by atoms with van der Waals surface area (Å²) in [7, 11) is 0. The Bertz CT molecular complexity index is 1870. The second kappa shape index (κ2) is 9.38. The van der Waals surface area contributed by atoms with Gasteiger partial charge < -0.3 is 14.9 Å². The maximum absolute atomic E-state index is 13.9. The van der Waals surface area contributed by atoms with E-state index in [1.807, 2.05) is 30.3 Å². The number of fused-ring (bicyclic) bond motifs is 4.